The number of nitrogens with two attached hydrogens (primary N) is 1. The van der Waals surface area contributed by atoms with Crippen LogP contribution in [-0.4, -0.2) is 11.1 Å². The van der Waals surface area contributed by atoms with Crippen molar-refractivity contribution >= 4 is 0 Å². The van der Waals surface area contributed by atoms with Gasteiger partial charge in [0.25, 0.3) is 0 Å². The van der Waals surface area contributed by atoms with Gasteiger partial charge in [0.05, 0.1) is 12.3 Å². The normalized spacial score (nSPS) is 31.5. The molecule has 3 nitrogen and oxygen atoms in total. The minimum Gasteiger partial charge on any atom is -0.489 e. The molecule has 0 saturated heterocycles. The minimum absolute atomic E-state index is 0.162. The van der Waals surface area contributed by atoms with Crippen molar-refractivity contribution in [1.29, 1.82) is 0 Å². The molecule has 2 N–H and O–H groups in total. The highest BCUT2D eigenvalue weighted by Crippen LogP contribution is 2.41. The predicted molar refractivity (Wildman–Crippen MR) is 78.0 cm³/mol. The van der Waals surface area contributed by atoms with Crippen molar-refractivity contribution in [2.45, 2.75) is 58.6 Å². The van der Waals surface area contributed by atoms with Crippen LogP contribution in [0.25, 0.3) is 0 Å². The summed E-state index contributed by atoms with van der Waals surface area (Å²) >= 11 is 0. The molecule has 0 aliphatic heterocycles. The van der Waals surface area contributed by atoms with Crippen LogP contribution in [0.1, 0.15) is 52.5 Å². The monoisotopic (exact) mass is 262 g/mol. The van der Waals surface area contributed by atoms with Crippen LogP contribution in [0.5, 0.6) is 5.75 Å². The summed E-state index contributed by atoms with van der Waals surface area (Å²) in [6.45, 7) is 8.63. The summed E-state index contributed by atoms with van der Waals surface area (Å²) in [5, 5.41) is 0. The first kappa shape index (κ1) is 14.3. The van der Waals surface area contributed by atoms with Gasteiger partial charge in [0.2, 0.25) is 0 Å². The molecule has 106 valence electrons. The number of hydrogen-bond acceptors (Lipinski definition) is 3. The van der Waals surface area contributed by atoms with Crippen molar-refractivity contribution in [2.24, 2.45) is 17.6 Å². The van der Waals surface area contributed by atoms with E-state index in [0.717, 1.165) is 24.2 Å². The van der Waals surface area contributed by atoms with Gasteiger partial charge in [-0.25, -0.2) is 0 Å². The van der Waals surface area contributed by atoms with E-state index in [1.807, 2.05) is 20.0 Å². The zero-order valence-electron chi connectivity index (χ0n) is 12.5. The average Bonchev–Trinajstić information content (AvgIpc) is 2.26. The lowest BCUT2D eigenvalue weighted by molar-refractivity contribution is 0.182. The molecule has 19 heavy (non-hydrogen) atoms. The van der Waals surface area contributed by atoms with Crippen molar-refractivity contribution in [2.75, 3.05) is 0 Å². The van der Waals surface area contributed by atoms with Crippen LogP contribution in [0.4, 0.5) is 0 Å². The highest BCUT2D eigenvalue weighted by Gasteiger charge is 2.36. The first-order chi connectivity index (χ1) is 8.89. The number of pyridine rings is 1. The number of hydrogen-bond donors (Lipinski definition) is 1. The lowest BCUT2D eigenvalue weighted by Gasteiger charge is -2.40. The third kappa shape index (κ3) is 3.47. The number of nitrogens with zero attached hydrogens (tertiary/aromatic N) is 1. The second-order valence-corrected chi connectivity index (χ2v) is 6.59. The fourth-order valence-electron chi connectivity index (χ4n) is 3.44. The number of aromatic nitrogens is 1. The maximum absolute atomic E-state index is 6.67. The SMILES string of the molecule is CC1CC(C)CC(N)(c2cncc(OC(C)C)c2)C1. The Bertz CT molecular complexity index is 421. The summed E-state index contributed by atoms with van der Waals surface area (Å²) in [6.07, 6.45) is 7.17. The second kappa shape index (κ2) is 5.49. The minimum atomic E-state index is -0.250. The van der Waals surface area contributed by atoms with Crippen molar-refractivity contribution in [1.82, 2.24) is 4.98 Å². The van der Waals surface area contributed by atoms with E-state index in [9.17, 15) is 0 Å². The van der Waals surface area contributed by atoms with E-state index in [4.69, 9.17) is 10.5 Å². The molecule has 0 radical (unpaired) electrons. The Balaban J connectivity index is 2.24. The van der Waals surface area contributed by atoms with Crippen molar-refractivity contribution in [3.05, 3.63) is 24.0 Å². The Kier molecular flexibility index (Phi) is 4.14. The third-order valence-electron chi connectivity index (χ3n) is 3.89. The number of ether oxygens (including phenoxy) is 1. The van der Waals surface area contributed by atoms with Gasteiger partial charge in [0, 0.05) is 11.7 Å². The van der Waals surface area contributed by atoms with E-state index in [1.54, 1.807) is 6.20 Å². The Hall–Kier alpha value is -1.09. The zero-order valence-corrected chi connectivity index (χ0v) is 12.5. The molecule has 1 aromatic heterocycles. The van der Waals surface area contributed by atoms with Gasteiger partial charge in [0.15, 0.2) is 0 Å². The highest BCUT2D eigenvalue weighted by atomic mass is 16.5. The average molecular weight is 262 g/mol. The van der Waals surface area contributed by atoms with E-state index in [1.165, 1.54) is 6.42 Å². The van der Waals surface area contributed by atoms with E-state index < -0.39 is 0 Å². The second-order valence-electron chi connectivity index (χ2n) is 6.59. The maximum Gasteiger partial charge on any atom is 0.138 e. The first-order valence-corrected chi connectivity index (χ1v) is 7.30. The molecule has 0 bridgehead atoms. The van der Waals surface area contributed by atoms with Gasteiger partial charge in [-0.3, -0.25) is 4.98 Å². The molecule has 0 amide bonds. The van der Waals surface area contributed by atoms with Crippen molar-refractivity contribution in [3.8, 4) is 5.75 Å². The number of rotatable bonds is 3. The Morgan fingerprint density at radius 2 is 1.89 bits per heavy atom. The summed E-state index contributed by atoms with van der Waals surface area (Å²) in [6, 6.07) is 2.07. The summed E-state index contributed by atoms with van der Waals surface area (Å²) in [5.41, 5.74) is 7.53. The molecule has 1 aliphatic rings. The smallest absolute Gasteiger partial charge is 0.138 e. The van der Waals surface area contributed by atoms with Gasteiger partial charge in [-0.1, -0.05) is 13.8 Å². The van der Waals surface area contributed by atoms with Crippen LogP contribution in [0, 0.1) is 11.8 Å². The molecule has 0 aromatic carbocycles. The Labute approximate surface area is 116 Å². The molecule has 1 fully saturated rings. The molecular weight excluding hydrogens is 236 g/mol. The lowest BCUT2D eigenvalue weighted by atomic mass is 9.69. The van der Waals surface area contributed by atoms with Gasteiger partial charge < -0.3 is 10.5 Å². The van der Waals surface area contributed by atoms with Crippen LogP contribution in [0.2, 0.25) is 0 Å². The van der Waals surface area contributed by atoms with Crippen LogP contribution in [0.3, 0.4) is 0 Å². The van der Waals surface area contributed by atoms with E-state index in [0.29, 0.717) is 11.8 Å². The van der Waals surface area contributed by atoms with Gasteiger partial charge in [-0.2, -0.15) is 0 Å². The molecule has 3 heteroatoms. The highest BCUT2D eigenvalue weighted by molar-refractivity contribution is 5.30. The third-order valence-corrected chi connectivity index (χ3v) is 3.89. The maximum atomic E-state index is 6.67. The molecule has 2 unspecified atom stereocenters. The quantitative estimate of drug-likeness (QED) is 0.907. The largest absolute Gasteiger partial charge is 0.489 e. The summed E-state index contributed by atoms with van der Waals surface area (Å²) in [7, 11) is 0. The summed E-state index contributed by atoms with van der Waals surface area (Å²) in [4.78, 5) is 4.30. The fourth-order valence-corrected chi connectivity index (χ4v) is 3.44. The molecule has 1 saturated carbocycles. The van der Waals surface area contributed by atoms with Crippen molar-refractivity contribution in [3.63, 3.8) is 0 Å². The predicted octanol–water partition coefficient (Wildman–Crippen LogP) is 3.48. The zero-order chi connectivity index (χ0) is 14.0. The molecular formula is C16H26N2O. The van der Waals surface area contributed by atoms with Gasteiger partial charge >= 0.3 is 0 Å². The molecule has 1 heterocycles. The van der Waals surface area contributed by atoms with Gasteiger partial charge in [-0.15, -0.1) is 0 Å². The molecule has 0 spiro atoms. The van der Waals surface area contributed by atoms with Crippen LogP contribution in [0.15, 0.2) is 18.5 Å². The topological polar surface area (TPSA) is 48.1 Å². The summed E-state index contributed by atoms with van der Waals surface area (Å²) < 4.78 is 5.73. The van der Waals surface area contributed by atoms with Gasteiger partial charge in [0.1, 0.15) is 5.75 Å². The molecule has 1 aromatic rings. The molecule has 2 atom stereocenters. The Morgan fingerprint density at radius 1 is 1.26 bits per heavy atom. The van der Waals surface area contributed by atoms with E-state index >= 15 is 0 Å². The molecule has 2 rings (SSSR count). The van der Waals surface area contributed by atoms with Crippen LogP contribution in [-0.2, 0) is 5.54 Å². The lowest BCUT2D eigenvalue weighted by Crippen LogP contribution is -2.43. The summed E-state index contributed by atoms with van der Waals surface area (Å²) in [5.74, 6) is 2.16. The van der Waals surface area contributed by atoms with E-state index in [-0.39, 0.29) is 11.6 Å². The molecule has 1 aliphatic carbocycles. The van der Waals surface area contributed by atoms with Crippen LogP contribution >= 0.6 is 0 Å². The first-order valence-electron chi connectivity index (χ1n) is 7.30. The Morgan fingerprint density at radius 3 is 2.47 bits per heavy atom. The van der Waals surface area contributed by atoms with Gasteiger partial charge in [-0.05, 0) is 56.6 Å². The standard InChI is InChI=1S/C16H26N2O/c1-11(2)19-15-6-14(9-18-10-15)16(17)7-12(3)5-13(4)8-16/h6,9-13H,5,7-8,17H2,1-4H3. The van der Waals surface area contributed by atoms with E-state index in [2.05, 4.69) is 24.9 Å². The van der Waals surface area contributed by atoms with Crippen molar-refractivity contribution < 1.29 is 4.74 Å². The van der Waals surface area contributed by atoms with Crippen LogP contribution < -0.4 is 10.5 Å². The fraction of sp³-hybridized carbons (Fsp3) is 0.688.